The summed E-state index contributed by atoms with van der Waals surface area (Å²) in [5, 5.41) is 0. The van der Waals surface area contributed by atoms with Gasteiger partial charge in [0, 0.05) is 32.5 Å². The van der Waals surface area contributed by atoms with Gasteiger partial charge < -0.3 is 9.47 Å². The fourth-order valence-electron chi connectivity index (χ4n) is 1.73. The van der Waals surface area contributed by atoms with E-state index in [1.54, 1.807) is 0 Å². The van der Waals surface area contributed by atoms with Crippen LogP contribution in [0.4, 0.5) is 5.69 Å². The lowest BCUT2D eigenvalue weighted by molar-refractivity contribution is 0.803. The van der Waals surface area contributed by atoms with E-state index in [1.165, 1.54) is 11.3 Å². The molecule has 0 atom stereocenters. The second kappa shape index (κ2) is 4.88. The van der Waals surface area contributed by atoms with Crippen molar-refractivity contribution >= 4 is 5.69 Å². The van der Waals surface area contributed by atoms with Crippen LogP contribution in [0.15, 0.2) is 48.8 Å². The second-order valence-electron chi connectivity index (χ2n) is 4.04. The Morgan fingerprint density at radius 1 is 1.12 bits per heavy atom. The molecule has 84 valence electrons. The van der Waals surface area contributed by atoms with Crippen LogP contribution in [0.5, 0.6) is 0 Å². The molecule has 0 aliphatic heterocycles. The Morgan fingerprint density at radius 2 is 1.88 bits per heavy atom. The van der Waals surface area contributed by atoms with Crippen LogP contribution < -0.4 is 4.90 Å². The molecule has 1 heterocycles. The van der Waals surface area contributed by atoms with Gasteiger partial charge in [-0.2, -0.15) is 0 Å². The largest absolute Gasteiger partial charge is 0.374 e. The number of aromatic nitrogens is 1. The van der Waals surface area contributed by atoms with Crippen molar-refractivity contribution in [3.05, 3.63) is 54.4 Å². The molecule has 0 spiro atoms. The SMILES string of the molecule is CCN(C)c1ccn(Cc2ccccc2)c1. The minimum absolute atomic E-state index is 0.943. The first-order valence-electron chi connectivity index (χ1n) is 5.70. The van der Waals surface area contributed by atoms with E-state index >= 15 is 0 Å². The maximum absolute atomic E-state index is 2.24. The third-order valence-electron chi connectivity index (χ3n) is 2.86. The number of benzene rings is 1. The Morgan fingerprint density at radius 3 is 2.56 bits per heavy atom. The Bertz CT molecular complexity index is 431. The summed E-state index contributed by atoms with van der Waals surface area (Å²) in [5.74, 6) is 0. The molecule has 0 aliphatic rings. The molecule has 0 saturated carbocycles. The number of hydrogen-bond acceptors (Lipinski definition) is 1. The predicted octanol–water partition coefficient (Wildman–Crippen LogP) is 2.99. The molecule has 16 heavy (non-hydrogen) atoms. The molecule has 1 aromatic heterocycles. The molecule has 0 aliphatic carbocycles. The molecule has 2 rings (SSSR count). The zero-order valence-electron chi connectivity index (χ0n) is 9.93. The predicted molar refractivity (Wildman–Crippen MR) is 68.9 cm³/mol. The highest BCUT2D eigenvalue weighted by atomic mass is 15.1. The van der Waals surface area contributed by atoms with Crippen molar-refractivity contribution in [2.24, 2.45) is 0 Å². The number of nitrogens with zero attached hydrogens (tertiary/aromatic N) is 2. The molecule has 0 fully saturated rings. The smallest absolute Gasteiger partial charge is 0.0543 e. The summed E-state index contributed by atoms with van der Waals surface area (Å²) in [6.07, 6.45) is 4.32. The van der Waals surface area contributed by atoms with Crippen molar-refractivity contribution in [3.8, 4) is 0 Å². The van der Waals surface area contributed by atoms with Gasteiger partial charge in [-0.3, -0.25) is 0 Å². The molecular formula is C14H18N2. The Hall–Kier alpha value is -1.70. The first-order valence-corrected chi connectivity index (χ1v) is 5.70. The first-order chi connectivity index (χ1) is 7.79. The molecular weight excluding hydrogens is 196 g/mol. The van der Waals surface area contributed by atoms with E-state index in [-0.39, 0.29) is 0 Å². The van der Waals surface area contributed by atoms with E-state index in [4.69, 9.17) is 0 Å². The summed E-state index contributed by atoms with van der Waals surface area (Å²) in [7, 11) is 2.11. The van der Waals surface area contributed by atoms with Crippen molar-refractivity contribution in [1.29, 1.82) is 0 Å². The highest BCUT2D eigenvalue weighted by Gasteiger charge is 2.00. The van der Waals surface area contributed by atoms with E-state index in [2.05, 4.69) is 72.2 Å². The van der Waals surface area contributed by atoms with Gasteiger partial charge in [-0.05, 0) is 18.6 Å². The molecule has 0 unspecified atom stereocenters. The van der Waals surface area contributed by atoms with Crippen molar-refractivity contribution in [2.75, 3.05) is 18.5 Å². The Labute approximate surface area is 97.1 Å². The van der Waals surface area contributed by atoms with Gasteiger partial charge in [0.15, 0.2) is 0 Å². The normalized spacial score (nSPS) is 10.4. The van der Waals surface area contributed by atoms with Crippen LogP contribution in [-0.4, -0.2) is 18.2 Å². The van der Waals surface area contributed by atoms with Gasteiger partial charge in [0.25, 0.3) is 0 Å². The number of anilines is 1. The first kappa shape index (κ1) is 10.8. The summed E-state index contributed by atoms with van der Waals surface area (Å²) in [4.78, 5) is 2.24. The maximum atomic E-state index is 2.24. The number of rotatable bonds is 4. The van der Waals surface area contributed by atoms with Crippen molar-refractivity contribution in [3.63, 3.8) is 0 Å². The summed E-state index contributed by atoms with van der Waals surface area (Å²) in [5.41, 5.74) is 2.61. The summed E-state index contributed by atoms with van der Waals surface area (Å²) in [6, 6.07) is 12.7. The minimum atomic E-state index is 0.943. The minimum Gasteiger partial charge on any atom is -0.374 e. The fraction of sp³-hybridized carbons (Fsp3) is 0.286. The van der Waals surface area contributed by atoms with Crippen LogP contribution in [0.1, 0.15) is 12.5 Å². The van der Waals surface area contributed by atoms with Gasteiger partial charge in [0.05, 0.1) is 5.69 Å². The van der Waals surface area contributed by atoms with E-state index in [9.17, 15) is 0 Å². The van der Waals surface area contributed by atoms with E-state index in [0.717, 1.165) is 13.1 Å². The van der Waals surface area contributed by atoms with E-state index < -0.39 is 0 Å². The molecule has 0 N–H and O–H groups in total. The van der Waals surface area contributed by atoms with E-state index in [1.807, 2.05) is 0 Å². The third kappa shape index (κ3) is 2.45. The van der Waals surface area contributed by atoms with Crippen molar-refractivity contribution in [1.82, 2.24) is 4.57 Å². The molecule has 2 nitrogen and oxygen atoms in total. The lowest BCUT2D eigenvalue weighted by Crippen LogP contribution is -2.14. The van der Waals surface area contributed by atoms with Gasteiger partial charge in [0.1, 0.15) is 0 Å². The van der Waals surface area contributed by atoms with Crippen LogP contribution in [-0.2, 0) is 6.54 Å². The maximum Gasteiger partial charge on any atom is 0.0543 e. The second-order valence-corrected chi connectivity index (χ2v) is 4.04. The molecule has 0 amide bonds. The number of hydrogen-bond donors (Lipinski definition) is 0. The standard InChI is InChI=1S/C14H18N2/c1-3-15(2)14-9-10-16(12-14)11-13-7-5-4-6-8-13/h4-10,12H,3,11H2,1-2H3. The van der Waals surface area contributed by atoms with E-state index in [0.29, 0.717) is 0 Å². The summed E-state index contributed by atoms with van der Waals surface area (Å²) < 4.78 is 2.22. The molecule has 0 radical (unpaired) electrons. The lowest BCUT2D eigenvalue weighted by atomic mass is 10.2. The zero-order chi connectivity index (χ0) is 11.4. The van der Waals surface area contributed by atoms with Gasteiger partial charge in [-0.15, -0.1) is 0 Å². The van der Waals surface area contributed by atoms with Crippen LogP contribution in [0.3, 0.4) is 0 Å². The fourth-order valence-corrected chi connectivity index (χ4v) is 1.73. The molecule has 2 heteroatoms. The van der Waals surface area contributed by atoms with Crippen LogP contribution >= 0.6 is 0 Å². The molecule has 0 saturated heterocycles. The average molecular weight is 214 g/mol. The molecule has 0 bridgehead atoms. The quantitative estimate of drug-likeness (QED) is 0.759. The van der Waals surface area contributed by atoms with Gasteiger partial charge >= 0.3 is 0 Å². The lowest BCUT2D eigenvalue weighted by Gasteiger charge is -2.13. The molecule has 1 aromatic carbocycles. The highest BCUT2D eigenvalue weighted by molar-refractivity contribution is 5.43. The van der Waals surface area contributed by atoms with Crippen molar-refractivity contribution < 1.29 is 0 Å². The summed E-state index contributed by atoms with van der Waals surface area (Å²) >= 11 is 0. The van der Waals surface area contributed by atoms with Gasteiger partial charge in [-0.1, -0.05) is 30.3 Å². The highest BCUT2D eigenvalue weighted by Crippen LogP contribution is 2.13. The van der Waals surface area contributed by atoms with Gasteiger partial charge in [0.2, 0.25) is 0 Å². The molecule has 2 aromatic rings. The third-order valence-corrected chi connectivity index (χ3v) is 2.86. The zero-order valence-corrected chi connectivity index (χ0v) is 9.93. The Balaban J connectivity index is 2.09. The van der Waals surface area contributed by atoms with Crippen LogP contribution in [0.2, 0.25) is 0 Å². The summed E-state index contributed by atoms with van der Waals surface area (Å²) in [6.45, 7) is 4.14. The topological polar surface area (TPSA) is 8.17 Å². The van der Waals surface area contributed by atoms with Crippen LogP contribution in [0.25, 0.3) is 0 Å². The Kier molecular flexibility index (Phi) is 3.30. The average Bonchev–Trinajstić information content (AvgIpc) is 2.78. The van der Waals surface area contributed by atoms with Crippen LogP contribution in [0, 0.1) is 0 Å². The van der Waals surface area contributed by atoms with Gasteiger partial charge in [-0.25, -0.2) is 0 Å². The monoisotopic (exact) mass is 214 g/mol. The van der Waals surface area contributed by atoms with Crippen molar-refractivity contribution in [2.45, 2.75) is 13.5 Å².